The number of nitrogens with two attached hydrogens (primary N) is 1. The first-order valence-corrected chi connectivity index (χ1v) is 7.37. The van der Waals surface area contributed by atoms with Crippen molar-refractivity contribution in [1.82, 2.24) is 0 Å². The smallest absolute Gasteiger partial charge is 0.264 e. The number of aryl methyl sites for hydroxylation is 1. The van der Waals surface area contributed by atoms with E-state index in [4.69, 9.17) is 5.73 Å². The monoisotopic (exact) mass is 294 g/mol. The number of halogens is 1. The molecule has 0 saturated carbocycles. The minimum atomic E-state index is -3.85. The molecule has 0 saturated heterocycles. The predicted molar refractivity (Wildman–Crippen MR) is 77.6 cm³/mol. The maximum absolute atomic E-state index is 13.7. The number of anilines is 2. The topological polar surface area (TPSA) is 63.4 Å². The SMILES string of the molecule is Cc1cc(N)cc(S(=O)(=O)N(C)c2ccccc2F)c1. The van der Waals surface area contributed by atoms with E-state index in [0.717, 1.165) is 9.87 Å². The minimum Gasteiger partial charge on any atom is -0.399 e. The number of para-hydroxylation sites is 1. The number of nitrogen functional groups attached to an aromatic ring is 1. The summed E-state index contributed by atoms with van der Waals surface area (Å²) in [7, 11) is -2.53. The Balaban J connectivity index is 2.52. The molecule has 0 unspecified atom stereocenters. The van der Waals surface area contributed by atoms with Gasteiger partial charge in [-0.1, -0.05) is 12.1 Å². The summed E-state index contributed by atoms with van der Waals surface area (Å²) in [5, 5.41) is 0. The van der Waals surface area contributed by atoms with E-state index in [-0.39, 0.29) is 10.6 Å². The molecule has 2 N–H and O–H groups in total. The second-order valence-corrected chi connectivity index (χ2v) is 6.47. The molecule has 0 aliphatic heterocycles. The summed E-state index contributed by atoms with van der Waals surface area (Å²) in [4.78, 5) is 0.0424. The van der Waals surface area contributed by atoms with Gasteiger partial charge in [0.25, 0.3) is 10.0 Å². The van der Waals surface area contributed by atoms with Crippen molar-refractivity contribution >= 4 is 21.4 Å². The Bertz CT molecular complexity index is 724. The van der Waals surface area contributed by atoms with Crippen LogP contribution in [0.15, 0.2) is 47.4 Å². The summed E-state index contributed by atoms with van der Waals surface area (Å²) in [6.07, 6.45) is 0. The normalized spacial score (nSPS) is 11.3. The first-order valence-electron chi connectivity index (χ1n) is 5.93. The largest absolute Gasteiger partial charge is 0.399 e. The molecule has 0 spiro atoms. The Kier molecular flexibility index (Phi) is 3.67. The average molecular weight is 294 g/mol. The highest BCUT2D eigenvalue weighted by molar-refractivity contribution is 7.92. The van der Waals surface area contributed by atoms with E-state index in [0.29, 0.717) is 5.69 Å². The predicted octanol–water partition coefficient (Wildman–Crippen LogP) is 2.54. The molecule has 0 heterocycles. The first-order chi connectivity index (χ1) is 9.32. The highest BCUT2D eigenvalue weighted by Gasteiger charge is 2.23. The van der Waals surface area contributed by atoms with Crippen molar-refractivity contribution in [3.63, 3.8) is 0 Å². The maximum Gasteiger partial charge on any atom is 0.264 e. The Morgan fingerprint density at radius 2 is 1.80 bits per heavy atom. The molecule has 0 atom stereocenters. The van der Waals surface area contributed by atoms with Crippen LogP contribution in [0.1, 0.15) is 5.56 Å². The molecule has 6 heteroatoms. The second kappa shape index (κ2) is 5.13. The molecule has 0 aliphatic rings. The Hall–Kier alpha value is -2.08. The molecular weight excluding hydrogens is 279 g/mol. The van der Waals surface area contributed by atoms with Crippen molar-refractivity contribution < 1.29 is 12.8 Å². The van der Waals surface area contributed by atoms with Crippen LogP contribution in [0.4, 0.5) is 15.8 Å². The maximum atomic E-state index is 13.7. The van der Waals surface area contributed by atoms with Crippen LogP contribution in [0.2, 0.25) is 0 Å². The number of sulfonamides is 1. The Morgan fingerprint density at radius 1 is 1.15 bits per heavy atom. The zero-order valence-electron chi connectivity index (χ0n) is 11.2. The first kappa shape index (κ1) is 14.3. The summed E-state index contributed by atoms with van der Waals surface area (Å²) < 4.78 is 39.6. The van der Waals surface area contributed by atoms with Crippen molar-refractivity contribution in [2.24, 2.45) is 0 Å². The number of hydrogen-bond acceptors (Lipinski definition) is 3. The molecule has 2 aromatic carbocycles. The van der Waals surface area contributed by atoms with Crippen molar-refractivity contribution in [1.29, 1.82) is 0 Å². The third-order valence-corrected chi connectivity index (χ3v) is 4.67. The molecule has 0 aliphatic carbocycles. The van der Waals surface area contributed by atoms with Crippen LogP contribution >= 0.6 is 0 Å². The van der Waals surface area contributed by atoms with Crippen molar-refractivity contribution in [3.8, 4) is 0 Å². The summed E-state index contributed by atoms with van der Waals surface area (Å²) in [5.74, 6) is -0.598. The van der Waals surface area contributed by atoms with Gasteiger partial charge >= 0.3 is 0 Å². The summed E-state index contributed by atoms with van der Waals surface area (Å²) in [6, 6.07) is 10.2. The molecule has 2 rings (SSSR count). The minimum absolute atomic E-state index is 0.00687. The fourth-order valence-electron chi connectivity index (χ4n) is 1.92. The summed E-state index contributed by atoms with van der Waals surface area (Å²) >= 11 is 0. The van der Waals surface area contributed by atoms with Crippen molar-refractivity contribution in [3.05, 3.63) is 53.8 Å². The van der Waals surface area contributed by atoms with E-state index in [2.05, 4.69) is 0 Å². The third kappa shape index (κ3) is 2.60. The lowest BCUT2D eigenvalue weighted by molar-refractivity contribution is 0.589. The van der Waals surface area contributed by atoms with Crippen LogP contribution in [0.25, 0.3) is 0 Å². The van der Waals surface area contributed by atoms with Gasteiger partial charge in [0.1, 0.15) is 5.82 Å². The standard InChI is InChI=1S/C14H15FN2O2S/c1-10-7-11(16)9-12(8-10)20(18,19)17(2)14-6-4-3-5-13(14)15/h3-9H,16H2,1-2H3. The van der Waals surface area contributed by atoms with Gasteiger partial charge in [0.15, 0.2) is 0 Å². The van der Waals surface area contributed by atoms with E-state index < -0.39 is 15.8 Å². The van der Waals surface area contributed by atoms with Crippen LogP contribution in [0.5, 0.6) is 0 Å². The molecule has 4 nitrogen and oxygen atoms in total. The number of hydrogen-bond donors (Lipinski definition) is 1. The zero-order valence-corrected chi connectivity index (χ0v) is 12.0. The lowest BCUT2D eigenvalue weighted by atomic mass is 10.2. The molecule has 0 amide bonds. The van der Waals surface area contributed by atoms with E-state index >= 15 is 0 Å². The molecule has 0 bridgehead atoms. The Morgan fingerprint density at radius 3 is 2.40 bits per heavy atom. The molecule has 0 aromatic heterocycles. The zero-order chi connectivity index (χ0) is 14.9. The lowest BCUT2D eigenvalue weighted by Crippen LogP contribution is -2.27. The third-order valence-electron chi connectivity index (χ3n) is 2.92. The molecule has 0 fully saturated rings. The van der Waals surface area contributed by atoms with E-state index in [1.807, 2.05) is 0 Å². The van der Waals surface area contributed by atoms with Gasteiger partial charge in [-0.05, 0) is 42.8 Å². The fourth-order valence-corrected chi connectivity index (χ4v) is 3.26. The lowest BCUT2D eigenvalue weighted by Gasteiger charge is -2.20. The van der Waals surface area contributed by atoms with Gasteiger partial charge in [-0.3, -0.25) is 4.31 Å². The van der Waals surface area contributed by atoms with Gasteiger partial charge in [-0.2, -0.15) is 0 Å². The summed E-state index contributed by atoms with van der Waals surface area (Å²) in [6.45, 7) is 1.75. The van der Waals surface area contributed by atoms with Gasteiger partial charge in [0.05, 0.1) is 10.6 Å². The van der Waals surface area contributed by atoms with Gasteiger partial charge in [0, 0.05) is 12.7 Å². The Labute approximate surface area is 117 Å². The highest BCUT2D eigenvalue weighted by Crippen LogP contribution is 2.26. The van der Waals surface area contributed by atoms with E-state index in [9.17, 15) is 12.8 Å². The molecule has 2 aromatic rings. The highest BCUT2D eigenvalue weighted by atomic mass is 32.2. The van der Waals surface area contributed by atoms with Crippen LogP contribution in [0.3, 0.4) is 0 Å². The van der Waals surface area contributed by atoms with Crippen LogP contribution in [-0.4, -0.2) is 15.5 Å². The average Bonchev–Trinajstić information content (AvgIpc) is 2.37. The van der Waals surface area contributed by atoms with E-state index in [1.165, 1.54) is 37.4 Å². The van der Waals surface area contributed by atoms with Crippen LogP contribution in [0, 0.1) is 12.7 Å². The summed E-state index contributed by atoms with van der Waals surface area (Å²) in [5.41, 5.74) is 6.74. The van der Waals surface area contributed by atoms with Crippen molar-refractivity contribution in [2.75, 3.05) is 17.1 Å². The quantitative estimate of drug-likeness (QED) is 0.885. The van der Waals surface area contributed by atoms with Crippen LogP contribution in [-0.2, 0) is 10.0 Å². The second-order valence-electron chi connectivity index (χ2n) is 4.50. The number of benzene rings is 2. The van der Waals surface area contributed by atoms with Gasteiger partial charge in [-0.25, -0.2) is 12.8 Å². The fraction of sp³-hybridized carbons (Fsp3) is 0.143. The van der Waals surface area contributed by atoms with E-state index in [1.54, 1.807) is 19.1 Å². The molecule has 0 radical (unpaired) electrons. The molecule has 20 heavy (non-hydrogen) atoms. The van der Waals surface area contributed by atoms with Crippen LogP contribution < -0.4 is 10.0 Å². The molecular formula is C14H15FN2O2S. The number of nitrogens with zero attached hydrogens (tertiary/aromatic N) is 1. The van der Waals surface area contributed by atoms with Gasteiger partial charge in [0.2, 0.25) is 0 Å². The molecule has 106 valence electrons. The van der Waals surface area contributed by atoms with Crippen molar-refractivity contribution in [2.45, 2.75) is 11.8 Å². The van der Waals surface area contributed by atoms with Gasteiger partial charge < -0.3 is 5.73 Å². The number of rotatable bonds is 3. The van der Waals surface area contributed by atoms with Gasteiger partial charge in [-0.15, -0.1) is 0 Å².